The highest BCUT2D eigenvalue weighted by Gasteiger charge is 2.09. The number of rotatable bonds is 7. The number of hydrogen-bond acceptors (Lipinski definition) is 5. The minimum Gasteiger partial charge on any atom is -0.497 e. The van der Waals surface area contributed by atoms with Gasteiger partial charge in [0.1, 0.15) is 5.75 Å². The first-order valence-electron chi connectivity index (χ1n) is 8.12. The second kappa shape index (κ2) is 8.49. The number of carbonyl (C=O) groups excluding carboxylic acids is 1. The van der Waals surface area contributed by atoms with Crippen LogP contribution in [0.1, 0.15) is 11.5 Å². The zero-order chi connectivity index (χ0) is 18.4. The highest BCUT2D eigenvalue weighted by atomic mass is 35.5. The number of nitrogens with zero attached hydrogens (tertiary/aromatic N) is 2. The van der Waals surface area contributed by atoms with Gasteiger partial charge in [-0.15, -0.1) is 10.2 Å². The Morgan fingerprint density at radius 3 is 2.54 bits per heavy atom. The lowest BCUT2D eigenvalue weighted by molar-refractivity contribution is -0.120. The van der Waals surface area contributed by atoms with Gasteiger partial charge >= 0.3 is 0 Å². The zero-order valence-corrected chi connectivity index (χ0v) is 15.0. The lowest BCUT2D eigenvalue weighted by atomic mass is 10.1. The maximum Gasteiger partial charge on any atom is 0.247 e. The first kappa shape index (κ1) is 17.9. The molecule has 0 fully saturated rings. The molecule has 0 atom stereocenters. The monoisotopic (exact) mass is 371 g/mol. The summed E-state index contributed by atoms with van der Waals surface area (Å²) in [7, 11) is 1.61. The van der Waals surface area contributed by atoms with E-state index in [1.54, 1.807) is 19.2 Å². The molecule has 0 saturated carbocycles. The zero-order valence-electron chi connectivity index (χ0n) is 14.2. The molecule has 0 spiro atoms. The van der Waals surface area contributed by atoms with Crippen molar-refractivity contribution in [2.75, 3.05) is 13.7 Å². The lowest BCUT2D eigenvalue weighted by Crippen LogP contribution is -2.27. The van der Waals surface area contributed by atoms with Gasteiger partial charge in [0.25, 0.3) is 0 Å². The predicted octanol–water partition coefficient (Wildman–Crippen LogP) is 3.30. The van der Waals surface area contributed by atoms with E-state index in [4.69, 9.17) is 20.8 Å². The van der Waals surface area contributed by atoms with Crippen molar-refractivity contribution in [3.05, 3.63) is 65.0 Å². The normalized spacial score (nSPS) is 10.5. The molecule has 0 aliphatic heterocycles. The number of benzene rings is 2. The van der Waals surface area contributed by atoms with E-state index in [9.17, 15) is 4.79 Å². The van der Waals surface area contributed by atoms with Gasteiger partial charge in [-0.1, -0.05) is 23.7 Å². The molecule has 1 amide bonds. The Morgan fingerprint density at radius 2 is 1.85 bits per heavy atom. The van der Waals surface area contributed by atoms with Crippen LogP contribution in [0, 0.1) is 0 Å². The largest absolute Gasteiger partial charge is 0.497 e. The summed E-state index contributed by atoms with van der Waals surface area (Å²) in [6.07, 6.45) is 0.777. The molecule has 3 aromatic rings. The number of aromatic nitrogens is 2. The van der Waals surface area contributed by atoms with Crippen molar-refractivity contribution in [3.8, 4) is 17.2 Å². The van der Waals surface area contributed by atoms with Crippen LogP contribution >= 0.6 is 11.6 Å². The fourth-order valence-electron chi connectivity index (χ4n) is 2.36. The maximum absolute atomic E-state index is 12.0. The summed E-state index contributed by atoms with van der Waals surface area (Å²) >= 11 is 5.86. The van der Waals surface area contributed by atoms with Gasteiger partial charge in [-0.25, -0.2) is 0 Å². The van der Waals surface area contributed by atoms with Crippen molar-refractivity contribution >= 4 is 17.5 Å². The van der Waals surface area contributed by atoms with Crippen molar-refractivity contribution in [2.45, 2.75) is 12.8 Å². The molecule has 7 heteroatoms. The van der Waals surface area contributed by atoms with Crippen molar-refractivity contribution < 1.29 is 13.9 Å². The number of hydrogen-bond donors (Lipinski definition) is 1. The standard InChI is InChI=1S/C19H18ClN3O3/c1-25-16-8-2-13(3-9-16)12-17(24)21-11-10-18-22-23-19(26-18)14-4-6-15(20)7-5-14/h2-9H,10-12H2,1H3,(H,21,24). The van der Waals surface area contributed by atoms with E-state index in [-0.39, 0.29) is 5.91 Å². The average Bonchev–Trinajstić information content (AvgIpc) is 3.12. The average molecular weight is 372 g/mol. The second-order valence-electron chi connectivity index (χ2n) is 5.63. The summed E-state index contributed by atoms with van der Waals surface area (Å²) in [5, 5.41) is 11.5. The predicted molar refractivity (Wildman–Crippen MR) is 98.2 cm³/mol. The van der Waals surface area contributed by atoms with E-state index in [2.05, 4.69) is 15.5 Å². The molecular weight excluding hydrogens is 354 g/mol. The summed E-state index contributed by atoms with van der Waals surface area (Å²) in [5.41, 5.74) is 1.72. The molecule has 134 valence electrons. The van der Waals surface area contributed by atoms with Crippen molar-refractivity contribution in [3.63, 3.8) is 0 Å². The number of amides is 1. The molecule has 0 aliphatic rings. The van der Waals surface area contributed by atoms with Crippen molar-refractivity contribution in [2.24, 2.45) is 0 Å². The van der Waals surface area contributed by atoms with E-state index in [1.165, 1.54) is 0 Å². The van der Waals surface area contributed by atoms with Gasteiger partial charge in [0.2, 0.25) is 17.7 Å². The lowest BCUT2D eigenvalue weighted by Gasteiger charge is -2.05. The van der Waals surface area contributed by atoms with Crippen LogP contribution in [0.5, 0.6) is 5.75 Å². The molecular formula is C19H18ClN3O3. The summed E-state index contributed by atoms with van der Waals surface area (Å²) in [5.74, 6) is 1.61. The van der Waals surface area contributed by atoms with Crippen molar-refractivity contribution in [1.82, 2.24) is 15.5 Å². The third-order valence-corrected chi connectivity index (χ3v) is 3.99. The molecule has 6 nitrogen and oxygen atoms in total. The number of ether oxygens (including phenoxy) is 1. The Hall–Kier alpha value is -2.86. The van der Waals surface area contributed by atoms with Crippen LogP contribution < -0.4 is 10.1 Å². The molecule has 0 aliphatic carbocycles. The Balaban J connectivity index is 1.47. The molecule has 1 N–H and O–H groups in total. The number of halogens is 1. The van der Waals surface area contributed by atoms with E-state index < -0.39 is 0 Å². The Bertz CT molecular complexity index is 860. The second-order valence-corrected chi connectivity index (χ2v) is 6.07. The van der Waals surface area contributed by atoms with Crippen LogP contribution in [-0.4, -0.2) is 29.8 Å². The summed E-state index contributed by atoms with van der Waals surface area (Å²) < 4.78 is 10.7. The summed E-state index contributed by atoms with van der Waals surface area (Å²) in [4.78, 5) is 12.0. The van der Waals surface area contributed by atoms with E-state index >= 15 is 0 Å². The van der Waals surface area contributed by atoms with E-state index in [0.29, 0.717) is 36.2 Å². The van der Waals surface area contributed by atoms with Crippen molar-refractivity contribution in [1.29, 1.82) is 0 Å². The molecule has 3 rings (SSSR count). The van der Waals surface area contributed by atoms with Gasteiger partial charge in [-0.2, -0.15) is 0 Å². The van der Waals surface area contributed by atoms with Crippen LogP contribution in [-0.2, 0) is 17.6 Å². The van der Waals surface area contributed by atoms with Gasteiger partial charge in [-0.05, 0) is 42.0 Å². The summed E-state index contributed by atoms with van der Waals surface area (Å²) in [6, 6.07) is 14.6. The van der Waals surface area contributed by atoms with Gasteiger partial charge in [0.05, 0.1) is 13.5 Å². The van der Waals surface area contributed by atoms with E-state index in [1.807, 2.05) is 36.4 Å². The quantitative estimate of drug-likeness (QED) is 0.689. The molecule has 1 heterocycles. The fraction of sp³-hybridized carbons (Fsp3) is 0.211. The van der Waals surface area contributed by atoms with Crippen LogP contribution in [0.3, 0.4) is 0 Å². The summed E-state index contributed by atoms with van der Waals surface area (Å²) in [6.45, 7) is 0.428. The molecule has 0 radical (unpaired) electrons. The first-order valence-corrected chi connectivity index (χ1v) is 8.50. The SMILES string of the molecule is COc1ccc(CC(=O)NCCc2nnc(-c3ccc(Cl)cc3)o2)cc1. The Morgan fingerprint density at radius 1 is 1.12 bits per heavy atom. The fourth-order valence-corrected chi connectivity index (χ4v) is 2.49. The highest BCUT2D eigenvalue weighted by Crippen LogP contribution is 2.20. The number of methoxy groups -OCH3 is 1. The van der Waals surface area contributed by atoms with Crippen LogP contribution in [0.2, 0.25) is 5.02 Å². The van der Waals surface area contributed by atoms with Crippen LogP contribution in [0.4, 0.5) is 0 Å². The third-order valence-electron chi connectivity index (χ3n) is 3.74. The Kier molecular flexibility index (Phi) is 5.86. The first-order chi connectivity index (χ1) is 12.6. The smallest absolute Gasteiger partial charge is 0.247 e. The molecule has 0 bridgehead atoms. The van der Waals surface area contributed by atoms with Gasteiger partial charge in [0, 0.05) is 23.6 Å². The third kappa shape index (κ3) is 4.83. The Labute approximate surface area is 156 Å². The van der Waals surface area contributed by atoms with Gasteiger partial charge in [0.15, 0.2) is 0 Å². The van der Waals surface area contributed by atoms with Gasteiger partial charge < -0.3 is 14.5 Å². The minimum atomic E-state index is -0.0624. The minimum absolute atomic E-state index is 0.0624. The van der Waals surface area contributed by atoms with Crippen LogP contribution in [0.15, 0.2) is 52.9 Å². The number of carbonyl (C=O) groups is 1. The molecule has 1 aromatic heterocycles. The highest BCUT2D eigenvalue weighted by molar-refractivity contribution is 6.30. The molecule has 2 aromatic carbocycles. The molecule has 0 saturated heterocycles. The number of nitrogens with one attached hydrogen (secondary N) is 1. The van der Waals surface area contributed by atoms with E-state index in [0.717, 1.165) is 16.9 Å². The van der Waals surface area contributed by atoms with Crippen LogP contribution in [0.25, 0.3) is 11.5 Å². The molecule has 0 unspecified atom stereocenters. The maximum atomic E-state index is 12.0. The van der Waals surface area contributed by atoms with Gasteiger partial charge in [-0.3, -0.25) is 4.79 Å². The topological polar surface area (TPSA) is 77.2 Å². The molecule has 26 heavy (non-hydrogen) atoms.